The van der Waals surface area contributed by atoms with Crippen LogP contribution in [0.5, 0.6) is 11.6 Å². The second-order valence-corrected chi connectivity index (χ2v) is 3.66. The summed E-state index contributed by atoms with van der Waals surface area (Å²) in [6.07, 6.45) is 0.523. The zero-order valence-corrected chi connectivity index (χ0v) is 10.2. The lowest BCUT2D eigenvalue weighted by atomic mass is 10.1. The highest BCUT2D eigenvalue weighted by Crippen LogP contribution is 2.24. The van der Waals surface area contributed by atoms with Crippen LogP contribution >= 0.6 is 0 Å². The maximum atomic E-state index is 10.2. The Morgan fingerprint density at radius 3 is 2.67 bits per heavy atom. The Morgan fingerprint density at radius 1 is 1.11 bits per heavy atom. The molecule has 2 rings (SSSR count). The van der Waals surface area contributed by atoms with E-state index in [0.29, 0.717) is 22.9 Å². The number of benzene rings is 1. The second kappa shape index (κ2) is 5.46. The van der Waals surface area contributed by atoms with Crippen molar-refractivity contribution in [2.45, 2.75) is 6.10 Å². The van der Waals surface area contributed by atoms with Gasteiger partial charge >= 0.3 is 0 Å². The molecular formula is C13H14N2O3. The first-order chi connectivity index (χ1) is 8.74. The molecule has 0 amide bonds. The van der Waals surface area contributed by atoms with Gasteiger partial charge in [-0.15, -0.1) is 0 Å². The Hall–Kier alpha value is -2.14. The fourth-order valence-corrected chi connectivity index (χ4v) is 1.60. The minimum absolute atomic E-state index is 0.418. The lowest BCUT2D eigenvalue weighted by molar-refractivity contribution is 0.213. The fraction of sp³-hybridized carbons (Fsp3) is 0.231. The minimum Gasteiger partial charge on any atom is -0.497 e. The second-order valence-electron chi connectivity index (χ2n) is 3.66. The van der Waals surface area contributed by atoms with E-state index in [0.717, 1.165) is 0 Å². The van der Waals surface area contributed by atoms with E-state index in [1.54, 1.807) is 19.2 Å². The van der Waals surface area contributed by atoms with Crippen LogP contribution in [0.3, 0.4) is 0 Å². The highest BCUT2D eigenvalue weighted by molar-refractivity contribution is 5.33. The van der Waals surface area contributed by atoms with Gasteiger partial charge in [-0.1, -0.05) is 12.1 Å². The molecular weight excluding hydrogens is 232 g/mol. The van der Waals surface area contributed by atoms with E-state index in [-0.39, 0.29) is 0 Å². The molecule has 1 aromatic carbocycles. The summed E-state index contributed by atoms with van der Waals surface area (Å²) in [5.74, 6) is 1.11. The molecule has 0 aliphatic rings. The fourth-order valence-electron chi connectivity index (χ4n) is 1.60. The van der Waals surface area contributed by atoms with Crippen molar-refractivity contribution in [1.29, 1.82) is 0 Å². The quantitative estimate of drug-likeness (QED) is 0.887. The van der Waals surface area contributed by atoms with Crippen LogP contribution in [0.25, 0.3) is 0 Å². The molecule has 18 heavy (non-hydrogen) atoms. The van der Waals surface area contributed by atoms with Gasteiger partial charge in [0.2, 0.25) is 5.88 Å². The molecule has 0 aliphatic heterocycles. The van der Waals surface area contributed by atoms with E-state index in [1.165, 1.54) is 13.4 Å². The lowest BCUT2D eigenvalue weighted by Gasteiger charge is -2.12. The van der Waals surface area contributed by atoms with Gasteiger partial charge in [0.25, 0.3) is 0 Å². The van der Waals surface area contributed by atoms with Crippen molar-refractivity contribution in [3.05, 3.63) is 47.9 Å². The van der Waals surface area contributed by atoms with Crippen molar-refractivity contribution in [2.24, 2.45) is 0 Å². The molecule has 1 heterocycles. The third-order valence-electron chi connectivity index (χ3n) is 2.56. The molecule has 5 heteroatoms. The van der Waals surface area contributed by atoms with Gasteiger partial charge in [0, 0.05) is 6.07 Å². The van der Waals surface area contributed by atoms with Gasteiger partial charge in [-0.3, -0.25) is 0 Å². The molecule has 94 valence electrons. The van der Waals surface area contributed by atoms with Crippen LogP contribution in [-0.2, 0) is 0 Å². The molecule has 0 bridgehead atoms. The predicted molar refractivity (Wildman–Crippen MR) is 65.6 cm³/mol. The maximum absolute atomic E-state index is 10.2. The molecule has 1 unspecified atom stereocenters. The van der Waals surface area contributed by atoms with Gasteiger partial charge in [0.15, 0.2) is 0 Å². The van der Waals surface area contributed by atoms with Crippen LogP contribution in [0.15, 0.2) is 36.7 Å². The minimum atomic E-state index is -0.836. The first-order valence-corrected chi connectivity index (χ1v) is 5.42. The average molecular weight is 246 g/mol. The van der Waals surface area contributed by atoms with E-state index < -0.39 is 6.10 Å². The highest BCUT2D eigenvalue weighted by atomic mass is 16.5. The molecule has 0 spiro atoms. The predicted octanol–water partition coefficient (Wildman–Crippen LogP) is 1.58. The van der Waals surface area contributed by atoms with Crippen molar-refractivity contribution < 1.29 is 14.6 Å². The van der Waals surface area contributed by atoms with Gasteiger partial charge in [-0.05, 0) is 17.7 Å². The van der Waals surface area contributed by atoms with Crippen molar-refractivity contribution in [3.8, 4) is 11.6 Å². The van der Waals surface area contributed by atoms with Crippen LogP contribution in [0.1, 0.15) is 17.4 Å². The van der Waals surface area contributed by atoms with Crippen molar-refractivity contribution in [1.82, 2.24) is 9.97 Å². The van der Waals surface area contributed by atoms with E-state index in [4.69, 9.17) is 9.47 Å². The van der Waals surface area contributed by atoms with Crippen LogP contribution in [0.4, 0.5) is 0 Å². The number of hydrogen-bond donors (Lipinski definition) is 1. The van der Waals surface area contributed by atoms with E-state index in [2.05, 4.69) is 9.97 Å². The number of aliphatic hydroxyl groups is 1. The summed E-state index contributed by atoms with van der Waals surface area (Å²) < 4.78 is 10.1. The molecule has 1 N–H and O–H groups in total. The van der Waals surface area contributed by atoms with E-state index >= 15 is 0 Å². The molecule has 0 radical (unpaired) electrons. The molecule has 0 fully saturated rings. The van der Waals surface area contributed by atoms with E-state index in [1.807, 2.05) is 18.2 Å². The largest absolute Gasteiger partial charge is 0.497 e. The number of aliphatic hydroxyl groups excluding tert-OH is 1. The van der Waals surface area contributed by atoms with Gasteiger partial charge < -0.3 is 14.6 Å². The monoisotopic (exact) mass is 246 g/mol. The van der Waals surface area contributed by atoms with Crippen LogP contribution < -0.4 is 9.47 Å². The zero-order valence-electron chi connectivity index (χ0n) is 10.2. The Bertz CT molecular complexity index is 484. The Kier molecular flexibility index (Phi) is 3.74. The number of hydrogen-bond acceptors (Lipinski definition) is 5. The summed E-state index contributed by atoms with van der Waals surface area (Å²) in [7, 11) is 3.10. The summed E-state index contributed by atoms with van der Waals surface area (Å²) in [6.45, 7) is 0. The number of nitrogens with zero attached hydrogens (tertiary/aromatic N) is 2. The molecule has 0 saturated heterocycles. The van der Waals surface area contributed by atoms with Gasteiger partial charge in [-0.2, -0.15) is 0 Å². The van der Waals surface area contributed by atoms with Crippen molar-refractivity contribution in [3.63, 3.8) is 0 Å². The third-order valence-corrected chi connectivity index (χ3v) is 2.56. The summed E-state index contributed by atoms with van der Waals surface area (Å²) in [6, 6.07) is 8.80. The average Bonchev–Trinajstić information content (AvgIpc) is 2.46. The normalized spacial score (nSPS) is 11.9. The maximum Gasteiger partial charge on any atom is 0.216 e. The highest BCUT2D eigenvalue weighted by Gasteiger charge is 2.13. The number of ether oxygens (including phenoxy) is 2. The third kappa shape index (κ3) is 2.57. The number of methoxy groups -OCH3 is 2. The summed E-state index contributed by atoms with van der Waals surface area (Å²) in [4.78, 5) is 7.94. The molecule has 1 atom stereocenters. The molecule has 0 aliphatic carbocycles. The van der Waals surface area contributed by atoms with Crippen LogP contribution in [0, 0.1) is 0 Å². The van der Waals surface area contributed by atoms with Gasteiger partial charge in [0.1, 0.15) is 18.2 Å². The summed E-state index contributed by atoms with van der Waals surface area (Å²) >= 11 is 0. The Labute approximate surface area is 105 Å². The zero-order chi connectivity index (χ0) is 13.0. The molecule has 0 saturated carbocycles. The van der Waals surface area contributed by atoms with Gasteiger partial charge in [0.05, 0.1) is 19.9 Å². The summed E-state index contributed by atoms with van der Waals surface area (Å²) in [5.41, 5.74) is 1.19. The van der Waals surface area contributed by atoms with E-state index in [9.17, 15) is 5.11 Å². The molecule has 1 aromatic heterocycles. The molecule has 2 aromatic rings. The first kappa shape index (κ1) is 12.3. The lowest BCUT2D eigenvalue weighted by Crippen LogP contribution is -2.03. The van der Waals surface area contributed by atoms with Crippen molar-refractivity contribution >= 4 is 0 Å². The number of rotatable bonds is 4. The topological polar surface area (TPSA) is 64.5 Å². The molecule has 5 nitrogen and oxygen atoms in total. The van der Waals surface area contributed by atoms with Crippen LogP contribution in [-0.4, -0.2) is 29.3 Å². The van der Waals surface area contributed by atoms with Gasteiger partial charge in [-0.25, -0.2) is 9.97 Å². The first-order valence-electron chi connectivity index (χ1n) is 5.42. The Balaban J connectivity index is 2.31. The summed E-state index contributed by atoms with van der Waals surface area (Å²) in [5, 5.41) is 10.2. The van der Waals surface area contributed by atoms with Crippen LogP contribution in [0.2, 0.25) is 0 Å². The smallest absolute Gasteiger partial charge is 0.216 e. The van der Waals surface area contributed by atoms with Crippen molar-refractivity contribution in [2.75, 3.05) is 14.2 Å². The Morgan fingerprint density at radius 2 is 1.94 bits per heavy atom. The standard InChI is InChI=1S/C13H14N2O3/c1-17-10-5-3-4-9(6-10)13(16)11-7-12(18-2)15-8-14-11/h3-8,13,16H,1-2H3. The SMILES string of the molecule is COc1cccc(C(O)c2cc(OC)ncn2)c1. The number of aromatic nitrogens is 2.